The van der Waals surface area contributed by atoms with E-state index >= 15 is 0 Å². The van der Waals surface area contributed by atoms with Crippen molar-refractivity contribution in [3.63, 3.8) is 0 Å². The summed E-state index contributed by atoms with van der Waals surface area (Å²) in [5.74, 6) is -3.33. The van der Waals surface area contributed by atoms with Gasteiger partial charge in [-0.05, 0) is 47.7 Å². The van der Waals surface area contributed by atoms with Crippen LogP contribution >= 0.6 is 0 Å². The largest absolute Gasteiger partial charge is 0.457 e. The Kier molecular flexibility index (Phi) is 2.92. The first-order valence-corrected chi connectivity index (χ1v) is 7.39. The summed E-state index contributed by atoms with van der Waals surface area (Å²) in [6, 6.07) is 8.92. The molecule has 0 fully saturated rings. The Morgan fingerprint density at radius 1 is 1.22 bits per heavy atom. The molecule has 0 bridgehead atoms. The van der Waals surface area contributed by atoms with Crippen LogP contribution in [0.5, 0.6) is 11.5 Å². The number of halogens is 3. The average molecular weight is 315 g/mol. The lowest BCUT2D eigenvalue weighted by Gasteiger charge is -2.15. The Morgan fingerprint density at radius 2 is 2.04 bits per heavy atom. The van der Waals surface area contributed by atoms with Gasteiger partial charge in [-0.25, -0.2) is 13.2 Å². The van der Waals surface area contributed by atoms with Crippen molar-refractivity contribution < 1.29 is 17.9 Å². The average Bonchev–Trinajstić information content (AvgIpc) is 3.05. The van der Waals surface area contributed by atoms with Crippen LogP contribution in [0.25, 0.3) is 0 Å². The Labute approximate surface area is 131 Å². The molecule has 2 aromatic carbocycles. The molecule has 5 heteroatoms. The quantitative estimate of drug-likeness (QED) is 0.804. The van der Waals surface area contributed by atoms with E-state index in [1.165, 1.54) is 12.1 Å². The van der Waals surface area contributed by atoms with E-state index in [0.29, 0.717) is 29.7 Å². The van der Waals surface area contributed by atoms with Crippen LogP contribution in [0.3, 0.4) is 0 Å². The summed E-state index contributed by atoms with van der Waals surface area (Å²) in [7, 11) is 0. The minimum absolute atomic E-state index is 0.155. The van der Waals surface area contributed by atoms with E-state index in [4.69, 9.17) is 10.00 Å². The minimum Gasteiger partial charge on any atom is -0.457 e. The maximum atomic E-state index is 14.0. The lowest BCUT2D eigenvalue weighted by atomic mass is 10.0. The predicted octanol–water partition coefficient (Wildman–Crippen LogP) is 4.71. The molecule has 1 unspecified atom stereocenters. The molecule has 0 N–H and O–H groups in total. The number of hydrogen-bond donors (Lipinski definition) is 0. The summed E-state index contributed by atoms with van der Waals surface area (Å²) >= 11 is 0. The zero-order chi connectivity index (χ0) is 16.2. The molecular formula is C18H12F3NO. The minimum atomic E-state index is -2.70. The third-order valence-electron chi connectivity index (χ3n) is 4.60. The first-order chi connectivity index (χ1) is 11.0. The monoisotopic (exact) mass is 315 g/mol. The second-order valence-corrected chi connectivity index (χ2v) is 6.03. The fourth-order valence-electron chi connectivity index (χ4n) is 3.68. The molecule has 23 heavy (non-hydrogen) atoms. The zero-order valence-corrected chi connectivity index (χ0v) is 12.1. The van der Waals surface area contributed by atoms with Gasteiger partial charge in [-0.2, -0.15) is 5.26 Å². The van der Waals surface area contributed by atoms with E-state index < -0.39 is 17.7 Å². The molecule has 0 heterocycles. The van der Waals surface area contributed by atoms with Crippen molar-refractivity contribution in [3.05, 3.63) is 58.4 Å². The van der Waals surface area contributed by atoms with E-state index in [0.717, 1.165) is 11.6 Å². The number of benzene rings is 2. The first kappa shape index (κ1) is 14.1. The number of rotatable bonds is 2. The smallest absolute Gasteiger partial charge is 0.258 e. The highest BCUT2D eigenvalue weighted by Crippen LogP contribution is 2.54. The van der Waals surface area contributed by atoms with Gasteiger partial charge in [-0.1, -0.05) is 6.07 Å². The normalized spacial score (nSPS) is 20.2. The van der Waals surface area contributed by atoms with Crippen molar-refractivity contribution in [2.24, 2.45) is 0 Å². The van der Waals surface area contributed by atoms with Gasteiger partial charge in [0.05, 0.1) is 11.6 Å². The number of hydrogen-bond acceptors (Lipinski definition) is 2. The summed E-state index contributed by atoms with van der Waals surface area (Å²) in [4.78, 5) is 0. The molecule has 0 saturated carbocycles. The Bertz CT molecular complexity index is 854. The number of alkyl halides is 2. The fraction of sp³-hybridized carbons (Fsp3) is 0.278. The van der Waals surface area contributed by atoms with Crippen LogP contribution in [0.4, 0.5) is 13.2 Å². The van der Waals surface area contributed by atoms with Crippen LogP contribution in [0.2, 0.25) is 0 Å². The highest BCUT2D eigenvalue weighted by molar-refractivity contribution is 5.55. The molecule has 1 atom stereocenters. The zero-order valence-electron chi connectivity index (χ0n) is 12.1. The number of nitrogens with zero attached hydrogens (tertiary/aromatic N) is 1. The molecule has 0 spiro atoms. The Morgan fingerprint density at radius 3 is 2.83 bits per heavy atom. The SMILES string of the molecule is N#Cc1cc(F)cc(Oc2ccc3c4c2CCC4C(F)(F)C3)c1. The van der Waals surface area contributed by atoms with Gasteiger partial charge in [-0.15, -0.1) is 0 Å². The van der Waals surface area contributed by atoms with Gasteiger partial charge >= 0.3 is 0 Å². The molecule has 0 amide bonds. The van der Waals surface area contributed by atoms with Crippen molar-refractivity contribution in [3.8, 4) is 17.6 Å². The summed E-state index contributed by atoms with van der Waals surface area (Å²) in [6.07, 6.45) is 0.709. The van der Waals surface area contributed by atoms with Gasteiger partial charge in [0.15, 0.2) is 0 Å². The van der Waals surface area contributed by atoms with E-state index in [-0.39, 0.29) is 17.7 Å². The lowest BCUT2D eigenvalue weighted by Crippen LogP contribution is -2.20. The van der Waals surface area contributed by atoms with E-state index in [9.17, 15) is 13.2 Å². The van der Waals surface area contributed by atoms with Gasteiger partial charge in [0, 0.05) is 18.4 Å². The molecule has 0 aliphatic heterocycles. The van der Waals surface area contributed by atoms with Crippen LogP contribution in [0, 0.1) is 17.1 Å². The maximum absolute atomic E-state index is 14.0. The molecular weight excluding hydrogens is 303 g/mol. The highest BCUT2D eigenvalue weighted by atomic mass is 19.3. The summed E-state index contributed by atoms with van der Waals surface area (Å²) in [5, 5.41) is 8.89. The van der Waals surface area contributed by atoms with Crippen molar-refractivity contribution in [2.45, 2.75) is 31.1 Å². The standard InChI is InChI=1S/C18H12F3NO/c19-12-5-10(9-22)6-13(7-12)23-16-4-1-11-8-18(20,21)15-3-2-14(16)17(11)15/h1,4-7,15H,2-3,8H2. The molecule has 2 aliphatic carbocycles. The highest BCUT2D eigenvalue weighted by Gasteiger charge is 2.51. The summed E-state index contributed by atoms with van der Waals surface area (Å²) in [6.45, 7) is 0. The van der Waals surface area contributed by atoms with Gasteiger partial charge in [0.2, 0.25) is 0 Å². The Hall–Kier alpha value is -2.48. The molecule has 0 saturated heterocycles. The van der Waals surface area contributed by atoms with Crippen molar-refractivity contribution in [2.75, 3.05) is 0 Å². The molecule has 0 aromatic heterocycles. The van der Waals surface area contributed by atoms with Crippen LogP contribution in [0.1, 0.15) is 34.6 Å². The second kappa shape index (κ2) is 4.76. The lowest BCUT2D eigenvalue weighted by molar-refractivity contribution is -0.0152. The van der Waals surface area contributed by atoms with E-state index in [1.54, 1.807) is 12.1 Å². The predicted molar refractivity (Wildman–Crippen MR) is 77.3 cm³/mol. The molecule has 2 aromatic rings. The van der Waals surface area contributed by atoms with Crippen molar-refractivity contribution >= 4 is 0 Å². The van der Waals surface area contributed by atoms with Crippen LogP contribution in [-0.4, -0.2) is 5.92 Å². The Balaban J connectivity index is 1.74. The second-order valence-electron chi connectivity index (χ2n) is 6.03. The molecule has 116 valence electrons. The third kappa shape index (κ3) is 2.17. The third-order valence-corrected chi connectivity index (χ3v) is 4.60. The number of nitriles is 1. The van der Waals surface area contributed by atoms with Crippen molar-refractivity contribution in [1.29, 1.82) is 5.26 Å². The fourth-order valence-corrected chi connectivity index (χ4v) is 3.68. The van der Waals surface area contributed by atoms with E-state index in [1.807, 2.05) is 6.07 Å². The topological polar surface area (TPSA) is 33.0 Å². The molecule has 4 rings (SSSR count). The van der Waals surface area contributed by atoms with Crippen LogP contribution in [-0.2, 0) is 12.8 Å². The first-order valence-electron chi connectivity index (χ1n) is 7.39. The van der Waals surface area contributed by atoms with Crippen LogP contribution < -0.4 is 4.74 Å². The van der Waals surface area contributed by atoms with Gasteiger partial charge in [-0.3, -0.25) is 0 Å². The molecule has 2 aliphatic rings. The van der Waals surface area contributed by atoms with Crippen LogP contribution in [0.15, 0.2) is 30.3 Å². The molecule has 0 radical (unpaired) electrons. The van der Waals surface area contributed by atoms with Crippen molar-refractivity contribution in [1.82, 2.24) is 0 Å². The molecule has 2 nitrogen and oxygen atoms in total. The number of ether oxygens (including phenoxy) is 1. The maximum Gasteiger partial charge on any atom is 0.258 e. The summed E-state index contributed by atoms with van der Waals surface area (Å²) < 4.78 is 47.2. The van der Waals surface area contributed by atoms with Gasteiger partial charge < -0.3 is 4.74 Å². The van der Waals surface area contributed by atoms with Gasteiger partial charge in [0.25, 0.3) is 5.92 Å². The summed E-state index contributed by atoms with van der Waals surface area (Å²) in [5.41, 5.74) is 2.32. The van der Waals surface area contributed by atoms with Gasteiger partial charge in [0.1, 0.15) is 17.3 Å². The van der Waals surface area contributed by atoms with E-state index in [2.05, 4.69) is 0 Å².